The van der Waals surface area contributed by atoms with Crippen molar-refractivity contribution in [1.82, 2.24) is 19.7 Å². The van der Waals surface area contributed by atoms with Gasteiger partial charge in [0, 0.05) is 19.5 Å². The van der Waals surface area contributed by atoms with E-state index in [1.54, 1.807) is 23.0 Å². The number of aromatic nitrogens is 4. The molecule has 0 aliphatic rings. The topological polar surface area (TPSA) is 102 Å². The van der Waals surface area contributed by atoms with E-state index in [-0.39, 0.29) is 17.6 Å². The lowest BCUT2D eigenvalue weighted by atomic mass is 10.2. The van der Waals surface area contributed by atoms with E-state index in [1.807, 2.05) is 19.9 Å². The second-order valence-electron chi connectivity index (χ2n) is 7.11. The molecule has 3 rings (SSSR count). The van der Waals surface area contributed by atoms with Gasteiger partial charge in [-0.15, -0.1) is 0 Å². The highest BCUT2D eigenvalue weighted by atomic mass is 35.5. The molecule has 0 unspecified atom stereocenters. The largest absolute Gasteiger partial charge is 0.463 e. The first-order chi connectivity index (χ1) is 14.3. The van der Waals surface area contributed by atoms with Crippen molar-refractivity contribution in [3.05, 3.63) is 50.4 Å². The van der Waals surface area contributed by atoms with Gasteiger partial charge in [-0.25, -0.2) is 4.98 Å². The summed E-state index contributed by atoms with van der Waals surface area (Å²) in [5.41, 5.74) is 1.52. The highest BCUT2D eigenvalue weighted by Gasteiger charge is 2.11. The SMILES string of the molecule is CC(C)OC(=O)CCCCn1ncc2nc(NCc3ccc(Cl)c(Cl)c3)[nH]c(=O)c21. The Hall–Kier alpha value is -2.58. The van der Waals surface area contributed by atoms with Gasteiger partial charge in [0.05, 0.1) is 22.3 Å². The van der Waals surface area contributed by atoms with Gasteiger partial charge in [0.2, 0.25) is 5.95 Å². The van der Waals surface area contributed by atoms with E-state index in [4.69, 9.17) is 27.9 Å². The molecule has 0 fully saturated rings. The summed E-state index contributed by atoms with van der Waals surface area (Å²) in [5.74, 6) is 0.127. The summed E-state index contributed by atoms with van der Waals surface area (Å²) in [7, 11) is 0. The van der Waals surface area contributed by atoms with Crippen LogP contribution in [0.2, 0.25) is 10.0 Å². The van der Waals surface area contributed by atoms with Crippen molar-refractivity contribution in [2.45, 2.75) is 52.3 Å². The number of carbonyl (C=O) groups excluding carboxylic acids is 1. The number of aryl methyl sites for hydroxylation is 1. The number of unbranched alkanes of at least 4 members (excludes halogenated alkanes) is 1. The Bertz CT molecular complexity index is 1090. The Morgan fingerprint density at radius 3 is 2.80 bits per heavy atom. The quantitative estimate of drug-likeness (QED) is 0.374. The molecule has 0 aliphatic carbocycles. The molecule has 30 heavy (non-hydrogen) atoms. The van der Waals surface area contributed by atoms with E-state index >= 15 is 0 Å². The molecule has 0 aliphatic heterocycles. The van der Waals surface area contributed by atoms with Crippen LogP contribution < -0.4 is 10.9 Å². The third-order valence-electron chi connectivity index (χ3n) is 4.31. The van der Waals surface area contributed by atoms with Crippen LogP contribution in [0.4, 0.5) is 5.95 Å². The smallest absolute Gasteiger partial charge is 0.306 e. The second-order valence-corrected chi connectivity index (χ2v) is 7.93. The maximum atomic E-state index is 12.5. The van der Waals surface area contributed by atoms with Gasteiger partial charge in [-0.3, -0.25) is 19.3 Å². The minimum atomic E-state index is -0.284. The van der Waals surface area contributed by atoms with Gasteiger partial charge in [0.15, 0.2) is 5.52 Å². The fourth-order valence-electron chi connectivity index (χ4n) is 2.95. The molecule has 0 radical (unpaired) electrons. The van der Waals surface area contributed by atoms with E-state index in [2.05, 4.69) is 20.4 Å². The van der Waals surface area contributed by atoms with Crippen LogP contribution in [0.5, 0.6) is 0 Å². The summed E-state index contributed by atoms with van der Waals surface area (Å²) in [4.78, 5) is 31.3. The number of esters is 1. The van der Waals surface area contributed by atoms with Gasteiger partial charge in [-0.2, -0.15) is 5.10 Å². The highest BCUT2D eigenvalue weighted by molar-refractivity contribution is 6.42. The van der Waals surface area contributed by atoms with Gasteiger partial charge >= 0.3 is 5.97 Å². The predicted octanol–water partition coefficient (Wildman–Crippen LogP) is 4.16. The first-order valence-electron chi connectivity index (χ1n) is 9.66. The molecule has 0 saturated carbocycles. The maximum absolute atomic E-state index is 12.5. The number of H-pyrrole nitrogens is 1. The van der Waals surface area contributed by atoms with Gasteiger partial charge < -0.3 is 10.1 Å². The fraction of sp³-hybridized carbons (Fsp3) is 0.400. The third-order valence-corrected chi connectivity index (χ3v) is 5.05. The first-order valence-corrected chi connectivity index (χ1v) is 10.4. The molecule has 2 heterocycles. The van der Waals surface area contributed by atoms with E-state index in [0.717, 1.165) is 5.56 Å². The Labute approximate surface area is 183 Å². The van der Waals surface area contributed by atoms with Crippen LogP contribution in [0.3, 0.4) is 0 Å². The van der Waals surface area contributed by atoms with Crippen LogP contribution in [-0.2, 0) is 22.6 Å². The molecule has 160 valence electrons. The van der Waals surface area contributed by atoms with E-state index < -0.39 is 0 Å². The fourth-order valence-corrected chi connectivity index (χ4v) is 3.27. The number of carbonyl (C=O) groups is 1. The van der Waals surface area contributed by atoms with Crippen molar-refractivity contribution in [3.63, 3.8) is 0 Å². The summed E-state index contributed by atoms with van der Waals surface area (Å²) in [6.07, 6.45) is 3.13. The van der Waals surface area contributed by atoms with E-state index in [1.165, 1.54) is 0 Å². The number of halogens is 2. The van der Waals surface area contributed by atoms with Crippen LogP contribution in [0, 0.1) is 0 Å². The van der Waals surface area contributed by atoms with Gasteiger partial charge in [0.1, 0.15) is 5.52 Å². The minimum absolute atomic E-state index is 0.114. The lowest BCUT2D eigenvalue weighted by Crippen LogP contribution is -2.16. The second kappa shape index (κ2) is 9.95. The number of rotatable bonds is 9. The molecule has 1 aromatic carbocycles. The molecule has 0 saturated heterocycles. The third kappa shape index (κ3) is 5.73. The number of nitrogens with zero attached hydrogens (tertiary/aromatic N) is 3. The molecule has 8 nitrogen and oxygen atoms in total. The van der Waals surface area contributed by atoms with Crippen molar-refractivity contribution in [1.29, 1.82) is 0 Å². The van der Waals surface area contributed by atoms with Gasteiger partial charge in [-0.1, -0.05) is 29.3 Å². The summed E-state index contributed by atoms with van der Waals surface area (Å²) in [6.45, 7) is 4.58. The molecule has 3 aromatic rings. The first kappa shape index (κ1) is 22.1. The molecule has 0 atom stereocenters. The number of hydrogen-bond acceptors (Lipinski definition) is 6. The molecule has 2 aromatic heterocycles. The monoisotopic (exact) mass is 451 g/mol. The lowest BCUT2D eigenvalue weighted by molar-refractivity contribution is -0.147. The Balaban J connectivity index is 1.61. The highest BCUT2D eigenvalue weighted by Crippen LogP contribution is 2.23. The van der Waals surface area contributed by atoms with Crippen LogP contribution >= 0.6 is 23.2 Å². The average molecular weight is 452 g/mol. The lowest BCUT2D eigenvalue weighted by Gasteiger charge is -2.08. The van der Waals surface area contributed by atoms with Crippen LogP contribution in [0.1, 0.15) is 38.7 Å². The number of aromatic amines is 1. The Morgan fingerprint density at radius 1 is 1.27 bits per heavy atom. The van der Waals surface area contributed by atoms with Crippen molar-refractivity contribution < 1.29 is 9.53 Å². The van der Waals surface area contributed by atoms with Crippen molar-refractivity contribution >= 4 is 46.2 Å². The molecular weight excluding hydrogens is 429 g/mol. The normalized spacial score (nSPS) is 11.2. The number of benzene rings is 1. The molecular formula is C20H23Cl2N5O3. The number of ether oxygens (including phenoxy) is 1. The summed E-state index contributed by atoms with van der Waals surface area (Å²) in [5, 5.41) is 8.28. The molecule has 0 bridgehead atoms. The molecule has 0 spiro atoms. The van der Waals surface area contributed by atoms with Crippen LogP contribution in [0.25, 0.3) is 11.0 Å². The van der Waals surface area contributed by atoms with Gasteiger partial charge in [-0.05, 0) is 44.4 Å². The van der Waals surface area contributed by atoms with Gasteiger partial charge in [0.25, 0.3) is 5.56 Å². The standard InChI is InChI=1S/C20H23Cl2N5O3/c1-12(2)30-17(28)5-3-4-8-27-18-16(11-24-27)25-20(26-19(18)29)23-10-13-6-7-14(21)15(22)9-13/h6-7,9,11-12H,3-5,8,10H2,1-2H3,(H2,23,25,26,29). The Morgan fingerprint density at radius 2 is 2.07 bits per heavy atom. The number of fused-ring (bicyclic) bond motifs is 1. The van der Waals surface area contributed by atoms with E-state index in [0.29, 0.717) is 59.4 Å². The van der Waals surface area contributed by atoms with Crippen LogP contribution in [0.15, 0.2) is 29.2 Å². The van der Waals surface area contributed by atoms with Crippen molar-refractivity contribution in [3.8, 4) is 0 Å². The molecule has 2 N–H and O–H groups in total. The van der Waals surface area contributed by atoms with E-state index in [9.17, 15) is 9.59 Å². The molecule has 0 amide bonds. The summed E-state index contributed by atoms with van der Waals surface area (Å²) in [6, 6.07) is 5.31. The minimum Gasteiger partial charge on any atom is -0.463 e. The number of nitrogens with one attached hydrogen (secondary N) is 2. The summed E-state index contributed by atoms with van der Waals surface area (Å²) < 4.78 is 6.72. The number of anilines is 1. The van der Waals surface area contributed by atoms with Crippen molar-refractivity contribution in [2.75, 3.05) is 5.32 Å². The predicted molar refractivity (Wildman–Crippen MR) is 117 cm³/mol. The zero-order valence-corrected chi connectivity index (χ0v) is 18.3. The zero-order valence-electron chi connectivity index (χ0n) is 16.7. The Kier molecular flexibility index (Phi) is 7.33. The van der Waals surface area contributed by atoms with Crippen molar-refractivity contribution in [2.24, 2.45) is 0 Å². The average Bonchev–Trinajstić information content (AvgIpc) is 3.09. The number of hydrogen-bond donors (Lipinski definition) is 2. The zero-order chi connectivity index (χ0) is 21.7. The maximum Gasteiger partial charge on any atom is 0.306 e. The summed E-state index contributed by atoms with van der Waals surface area (Å²) >= 11 is 11.9. The molecule has 10 heteroatoms. The van der Waals surface area contributed by atoms with Crippen LogP contribution in [-0.4, -0.2) is 31.8 Å².